The number of esters is 1. The molecule has 0 fully saturated rings. The Morgan fingerprint density at radius 1 is 1.03 bits per heavy atom. The highest BCUT2D eigenvalue weighted by Crippen LogP contribution is 2.19. The molecule has 34 heavy (non-hydrogen) atoms. The zero-order chi connectivity index (χ0) is 24.7. The van der Waals surface area contributed by atoms with Crippen LogP contribution in [0, 0.1) is 13.8 Å². The summed E-state index contributed by atoms with van der Waals surface area (Å²) in [5.41, 5.74) is 2.70. The van der Waals surface area contributed by atoms with Crippen molar-refractivity contribution >= 4 is 21.9 Å². The van der Waals surface area contributed by atoms with Crippen molar-refractivity contribution in [3.8, 4) is 5.75 Å². The van der Waals surface area contributed by atoms with Crippen LogP contribution in [-0.4, -0.2) is 44.6 Å². The number of hydrogen-bond acceptors (Lipinski definition) is 6. The fourth-order valence-corrected chi connectivity index (χ4v) is 3.87. The van der Waals surface area contributed by atoms with Gasteiger partial charge < -0.3 is 19.4 Å². The molecular formula is C24H27N3O6S. The van der Waals surface area contributed by atoms with Gasteiger partial charge in [-0.25, -0.2) is 18.4 Å². The molecule has 0 saturated carbocycles. The Hall–Kier alpha value is -3.63. The normalized spacial score (nSPS) is 11.1. The van der Waals surface area contributed by atoms with E-state index in [-0.39, 0.29) is 11.4 Å². The molecule has 1 heterocycles. The van der Waals surface area contributed by atoms with Crippen LogP contribution >= 0.6 is 0 Å². The van der Waals surface area contributed by atoms with E-state index in [9.17, 15) is 18.0 Å². The van der Waals surface area contributed by atoms with E-state index in [1.165, 1.54) is 12.1 Å². The van der Waals surface area contributed by atoms with Gasteiger partial charge in [0.25, 0.3) is 5.91 Å². The van der Waals surface area contributed by atoms with Gasteiger partial charge in [0, 0.05) is 17.9 Å². The number of benzene rings is 2. The first-order valence-electron chi connectivity index (χ1n) is 10.6. The topological polar surface area (TPSA) is 130 Å². The molecule has 10 heteroatoms. The zero-order valence-corrected chi connectivity index (χ0v) is 19.8. The van der Waals surface area contributed by atoms with Crippen LogP contribution in [0.1, 0.15) is 27.3 Å². The van der Waals surface area contributed by atoms with Crippen molar-refractivity contribution in [3.63, 3.8) is 0 Å². The van der Waals surface area contributed by atoms with E-state index in [2.05, 4.69) is 5.32 Å². The Balaban J connectivity index is 1.51. The van der Waals surface area contributed by atoms with Gasteiger partial charge in [-0.1, -0.05) is 30.3 Å². The van der Waals surface area contributed by atoms with Crippen LogP contribution in [-0.2, 0) is 26.1 Å². The number of carbonyl (C=O) groups is 2. The maximum absolute atomic E-state index is 12.5. The van der Waals surface area contributed by atoms with Gasteiger partial charge in [0.05, 0.1) is 17.0 Å². The second kappa shape index (κ2) is 11.0. The van der Waals surface area contributed by atoms with Gasteiger partial charge in [-0.05, 0) is 49.7 Å². The Bertz CT molecular complexity index is 1250. The van der Waals surface area contributed by atoms with E-state index < -0.39 is 28.5 Å². The molecule has 3 aromatic rings. The standard InChI is InChI=1S/C24H27N3O6S/c1-17-14-22(18(2)27(17)15-19-8-10-21(11-9-19)34(25,30)31)24(29)33-16-23(28)26-12-13-32-20-6-4-3-5-7-20/h3-11,14H,12-13,15-16H2,1-2H3,(H,26,28)(H2,25,30,31). The zero-order valence-electron chi connectivity index (χ0n) is 19.0. The molecular weight excluding hydrogens is 458 g/mol. The van der Waals surface area contributed by atoms with Crippen LogP contribution in [0.2, 0.25) is 0 Å². The fourth-order valence-electron chi connectivity index (χ4n) is 3.35. The number of rotatable bonds is 10. The predicted octanol–water partition coefficient (Wildman–Crippen LogP) is 2.15. The van der Waals surface area contributed by atoms with Crippen molar-refractivity contribution in [1.29, 1.82) is 0 Å². The van der Waals surface area contributed by atoms with E-state index in [0.29, 0.717) is 30.2 Å². The fraction of sp³-hybridized carbons (Fsp3) is 0.250. The molecule has 0 spiro atoms. The molecule has 0 aliphatic carbocycles. The molecule has 1 aromatic heterocycles. The summed E-state index contributed by atoms with van der Waals surface area (Å²) in [5.74, 6) is -0.313. The maximum Gasteiger partial charge on any atom is 0.340 e. The average Bonchev–Trinajstić information content (AvgIpc) is 3.09. The molecule has 1 amide bonds. The quantitative estimate of drug-likeness (QED) is 0.334. The van der Waals surface area contributed by atoms with Crippen LogP contribution < -0.4 is 15.2 Å². The minimum atomic E-state index is -3.76. The molecule has 2 aromatic carbocycles. The van der Waals surface area contributed by atoms with E-state index in [0.717, 1.165) is 11.3 Å². The molecule has 0 aliphatic rings. The summed E-state index contributed by atoms with van der Waals surface area (Å²) >= 11 is 0. The van der Waals surface area contributed by atoms with Crippen molar-refractivity contribution < 1.29 is 27.5 Å². The second-order valence-electron chi connectivity index (χ2n) is 7.65. The van der Waals surface area contributed by atoms with Gasteiger partial charge in [0.1, 0.15) is 12.4 Å². The third kappa shape index (κ3) is 6.69. The van der Waals surface area contributed by atoms with Crippen molar-refractivity contribution in [1.82, 2.24) is 9.88 Å². The molecule has 3 rings (SSSR count). The van der Waals surface area contributed by atoms with E-state index in [4.69, 9.17) is 14.6 Å². The summed E-state index contributed by atoms with van der Waals surface area (Å²) in [4.78, 5) is 24.6. The number of sulfonamides is 1. The number of nitrogens with zero attached hydrogens (tertiary/aromatic N) is 1. The number of ether oxygens (including phenoxy) is 2. The minimum Gasteiger partial charge on any atom is -0.492 e. The Labute approximate surface area is 198 Å². The van der Waals surface area contributed by atoms with Gasteiger partial charge in [-0.15, -0.1) is 0 Å². The first-order chi connectivity index (χ1) is 16.1. The van der Waals surface area contributed by atoms with E-state index >= 15 is 0 Å². The minimum absolute atomic E-state index is 0.0337. The number of aromatic nitrogens is 1. The third-order valence-corrected chi connectivity index (χ3v) is 6.09. The lowest BCUT2D eigenvalue weighted by atomic mass is 10.2. The summed E-state index contributed by atoms with van der Waals surface area (Å²) in [5, 5.41) is 7.77. The molecule has 0 radical (unpaired) electrons. The number of primary sulfonamides is 1. The van der Waals surface area contributed by atoms with Crippen molar-refractivity contribution in [2.45, 2.75) is 25.3 Å². The number of para-hydroxylation sites is 1. The Morgan fingerprint density at radius 3 is 2.35 bits per heavy atom. The number of amides is 1. The molecule has 0 bridgehead atoms. The summed E-state index contributed by atoms with van der Waals surface area (Å²) < 4.78 is 35.4. The summed E-state index contributed by atoms with van der Waals surface area (Å²) in [6.45, 7) is 4.24. The first-order valence-corrected chi connectivity index (χ1v) is 12.1. The number of aryl methyl sites for hydroxylation is 1. The lowest BCUT2D eigenvalue weighted by Gasteiger charge is -2.11. The molecule has 180 valence electrons. The number of hydrogen-bond donors (Lipinski definition) is 2. The van der Waals surface area contributed by atoms with Crippen LogP contribution in [0.5, 0.6) is 5.75 Å². The van der Waals surface area contributed by atoms with E-state index in [1.54, 1.807) is 25.1 Å². The maximum atomic E-state index is 12.5. The summed E-state index contributed by atoms with van der Waals surface area (Å²) in [7, 11) is -3.76. The Kier molecular flexibility index (Phi) is 8.08. The van der Waals surface area contributed by atoms with Crippen molar-refractivity contribution in [2.24, 2.45) is 5.14 Å². The number of carbonyl (C=O) groups excluding carboxylic acids is 2. The highest BCUT2D eigenvalue weighted by molar-refractivity contribution is 7.89. The van der Waals surface area contributed by atoms with Gasteiger partial charge in [-0.3, -0.25) is 4.79 Å². The van der Waals surface area contributed by atoms with E-state index in [1.807, 2.05) is 41.8 Å². The highest BCUT2D eigenvalue weighted by Gasteiger charge is 2.18. The predicted molar refractivity (Wildman–Crippen MR) is 126 cm³/mol. The summed E-state index contributed by atoms with van der Waals surface area (Å²) in [6, 6.07) is 17.2. The van der Waals surface area contributed by atoms with Gasteiger partial charge in [0.15, 0.2) is 6.61 Å². The van der Waals surface area contributed by atoms with Gasteiger partial charge in [-0.2, -0.15) is 0 Å². The molecule has 3 N–H and O–H groups in total. The van der Waals surface area contributed by atoms with Crippen LogP contribution in [0.15, 0.2) is 65.6 Å². The molecule has 0 atom stereocenters. The number of nitrogens with two attached hydrogens (primary N) is 1. The monoisotopic (exact) mass is 485 g/mol. The second-order valence-corrected chi connectivity index (χ2v) is 9.21. The third-order valence-electron chi connectivity index (χ3n) is 5.16. The largest absolute Gasteiger partial charge is 0.492 e. The number of nitrogens with one attached hydrogen (secondary N) is 1. The lowest BCUT2D eigenvalue weighted by molar-refractivity contribution is -0.124. The Morgan fingerprint density at radius 2 is 1.71 bits per heavy atom. The smallest absolute Gasteiger partial charge is 0.340 e. The van der Waals surface area contributed by atoms with Crippen LogP contribution in [0.4, 0.5) is 0 Å². The molecule has 0 unspecified atom stereocenters. The highest BCUT2D eigenvalue weighted by atomic mass is 32.2. The van der Waals surface area contributed by atoms with Gasteiger partial charge >= 0.3 is 5.97 Å². The SMILES string of the molecule is Cc1cc(C(=O)OCC(=O)NCCOc2ccccc2)c(C)n1Cc1ccc(S(N)(=O)=O)cc1. The van der Waals surface area contributed by atoms with Crippen molar-refractivity contribution in [2.75, 3.05) is 19.8 Å². The first kappa shape index (κ1) is 25.0. The summed E-state index contributed by atoms with van der Waals surface area (Å²) in [6.07, 6.45) is 0. The van der Waals surface area contributed by atoms with Crippen LogP contribution in [0.3, 0.4) is 0 Å². The van der Waals surface area contributed by atoms with Crippen molar-refractivity contribution in [3.05, 3.63) is 83.2 Å². The molecule has 0 saturated heterocycles. The lowest BCUT2D eigenvalue weighted by Crippen LogP contribution is -2.32. The molecule has 9 nitrogen and oxygen atoms in total. The van der Waals surface area contributed by atoms with Crippen LogP contribution in [0.25, 0.3) is 0 Å². The average molecular weight is 486 g/mol. The molecule has 0 aliphatic heterocycles. The van der Waals surface area contributed by atoms with Gasteiger partial charge in [0.2, 0.25) is 10.0 Å².